The maximum absolute atomic E-state index is 2.39. The molecule has 0 amide bonds. The molecule has 0 unspecified atom stereocenters. The van der Waals surface area contributed by atoms with Crippen LogP contribution in [0, 0.1) is 0 Å². The van der Waals surface area contributed by atoms with Gasteiger partial charge in [-0.15, -0.1) is 0 Å². The molecule has 0 aromatic rings. The van der Waals surface area contributed by atoms with E-state index in [9.17, 15) is 0 Å². The third kappa shape index (κ3) is 5.38. The minimum atomic E-state index is -0.454. The van der Waals surface area contributed by atoms with Crippen LogP contribution in [0.3, 0.4) is 0 Å². The Hall–Kier alpha value is 1.13. The molecule has 0 spiro atoms. The molecule has 0 aliphatic carbocycles. The maximum atomic E-state index is 2.39. The van der Waals surface area contributed by atoms with E-state index in [4.69, 9.17) is 0 Å². The minimum absolute atomic E-state index is 0. The Morgan fingerprint density at radius 2 is 0.909 bits per heavy atom. The SMILES string of the molecule is C[CH](C)[Al]([CH](C)C)[CH](C)C.[H-].[Li+]. The Labute approximate surface area is 90.2 Å². The molecule has 0 aliphatic heterocycles. The first-order valence-electron chi connectivity index (χ1n) is 4.46. The van der Waals surface area contributed by atoms with Crippen molar-refractivity contribution in [3.05, 3.63) is 0 Å². The summed E-state index contributed by atoms with van der Waals surface area (Å²) in [7, 11) is 0. The molecule has 62 valence electrons. The molecular weight excluding hydrogens is 142 g/mol. The van der Waals surface area contributed by atoms with Crippen LogP contribution in [0.15, 0.2) is 0 Å². The van der Waals surface area contributed by atoms with Crippen LogP contribution in [0.1, 0.15) is 43.0 Å². The second-order valence-electron chi connectivity index (χ2n) is 4.31. The number of hydrogen-bond acceptors (Lipinski definition) is 0. The summed E-state index contributed by atoms with van der Waals surface area (Å²) in [6, 6.07) is 0. The van der Waals surface area contributed by atoms with Crippen molar-refractivity contribution in [1.82, 2.24) is 0 Å². The van der Waals surface area contributed by atoms with E-state index in [0.717, 1.165) is 14.3 Å². The first kappa shape index (κ1) is 14.6. The summed E-state index contributed by atoms with van der Waals surface area (Å²) in [6.07, 6.45) is 0. The van der Waals surface area contributed by atoms with Gasteiger partial charge in [-0.25, -0.2) is 0 Å². The molecule has 0 rings (SSSR count). The van der Waals surface area contributed by atoms with Crippen LogP contribution < -0.4 is 18.9 Å². The number of hydrogen-bond donors (Lipinski definition) is 0. The molecule has 0 saturated carbocycles. The zero-order chi connectivity index (χ0) is 8.31. The Morgan fingerprint density at radius 1 is 0.727 bits per heavy atom. The summed E-state index contributed by atoms with van der Waals surface area (Å²) in [5.41, 5.74) is 0. The molecular formula is C9H22AlLi. The molecule has 0 N–H and O–H groups in total. The van der Waals surface area contributed by atoms with Gasteiger partial charge in [0.1, 0.15) is 0 Å². The van der Waals surface area contributed by atoms with Gasteiger partial charge in [0.25, 0.3) is 14.1 Å². The van der Waals surface area contributed by atoms with Gasteiger partial charge >= 0.3 is 18.9 Å². The molecule has 0 radical (unpaired) electrons. The second-order valence-corrected chi connectivity index (χ2v) is 9.46. The molecule has 0 bridgehead atoms. The van der Waals surface area contributed by atoms with Crippen molar-refractivity contribution in [1.29, 1.82) is 0 Å². The molecule has 0 nitrogen and oxygen atoms in total. The average molecular weight is 164 g/mol. The largest absolute Gasteiger partial charge is 1.00 e. The first-order valence-corrected chi connectivity index (χ1v) is 6.46. The summed E-state index contributed by atoms with van der Waals surface area (Å²) in [6.45, 7) is 14.3. The zero-order valence-corrected chi connectivity index (χ0v) is 10.5. The van der Waals surface area contributed by atoms with E-state index in [1.165, 1.54) is 0 Å². The van der Waals surface area contributed by atoms with Crippen molar-refractivity contribution >= 4 is 14.1 Å². The molecule has 2 heteroatoms. The zero-order valence-electron chi connectivity index (χ0n) is 10.3. The quantitative estimate of drug-likeness (QED) is 0.542. The monoisotopic (exact) mass is 164 g/mol. The normalized spacial score (nSPS) is 10.6. The van der Waals surface area contributed by atoms with Gasteiger partial charge < -0.3 is 1.43 Å². The van der Waals surface area contributed by atoms with Crippen LogP contribution in [-0.4, -0.2) is 14.1 Å². The Bertz CT molecular complexity index is 75.5. The predicted octanol–water partition coefficient (Wildman–Crippen LogP) is 0.828. The van der Waals surface area contributed by atoms with E-state index < -0.39 is 14.1 Å². The fraction of sp³-hybridized carbons (Fsp3) is 1.00. The van der Waals surface area contributed by atoms with E-state index in [1.54, 1.807) is 0 Å². The summed E-state index contributed by atoms with van der Waals surface area (Å²) in [4.78, 5) is 0. The maximum Gasteiger partial charge on any atom is 1.00 e. The topological polar surface area (TPSA) is 0 Å². The van der Waals surface area contributed by atoms with E-state index in [1.807, 2.05) is 0 Å². The van der Waals surface area contributed by atoms with Crippen LogP contribution in [0.5, 0.6) is 0 Å². The van der Waals surface area contributed by atoms with Crippen LogP contribution in [-0.2, 0) is 0 Å². The average Bonchev–Trinajstić information content (AvgIpc) is 1.59. The minimum Gasteiger partial charge on any atom is -1.00 e. The van der Waals surface area contributed by atoms with E-state index in [-0.39, 0.29) is 20.3 Å². The van der Waals surface area contributed by atoms with Gasteiger partial charge in [-0.1, -0.05) is 55.9 Å². The predicted molar refractivity (Wildman–Crippen MR) is 52.2 cm³/mol. The van der Waals surface area contributed by atoms with E-state index in [0.29, 0.717) is 0 Å². The van der Waals surface area contributed by atoms with Gasteiger partial charge in [0.2, 0.25) is 0 Å². The first-order chi connectivity index (χ1) is 4.46. The summed E-state index contributed by atoms with van der Waals surface area (Å²) in [5.74, 6) is 0. The van der Waals surface area contributed by atoms with Crippen molar-refractivity contribution in [2.45, 2.75) is 55.9 Å². The molecule has 0 aliphatic rings. The van der Waals surface area contributed by atoms with Gasteiger partial charge in [-0.2, -0.15) is 0 Å². The standard InChI is InChI=1S/3C3H7.Al.Li.H/c3*1-3-2;;;/h3*3H,1-2H3;;;/q;;;;+1;-1. The third-order valence-corrected chi connectivity index (χ3v) is 6.93. The molecule has 0 fully saturated rings. The number of rotatable bonds is 3. The molecule has 0 atom stereocenters. The molecule has 0 aromatic carbocycles. The van der Waals surface area contributed by atoms with Crippen LogP contribution in [0.25, 0.3) is 0 Å². The summed E-state index contributed by atoms with van der Waals surface area (Å²) >= 11 is -0.454. The van der Waals surface area contributed by atoms with Crippen molar-refractivity contribution < 1.29 is 20.3 Å². The molecule has 0 aromatic heterocycles. The van der Waals surface area contributed by atoms with Crippen molar-refractivity contribution in [3.8, 4) is 0 Å². The van der Waals surface area contributed by atoms with Crippen molar-refractivity contribution in [2.75, 3.05) is 0 Å². The van der Waals surface area contributed by atoms with Crippen molar-refractivity contribution in [3.63, 3.8) is 0 Å². The molecule has 11 heavy (non-hydrogen) atoms. The van der Waals surface area contributed by atoms with Crippen LogP contribution in [0.2, 0.25) is 14.3 Å². The van der Waals surface area contributed by atoms with Crippen LogP contribution in [0.4, 0.5) is 0 Å². The van der Waals surface area contributed by atoms with E-state index in [2.05, 4.69) is 41.5 Å². The molecule has 0 saturated heterocycles. The van der Waals surface area contributed by atoms with E-state index >= 15 is 0 Å². The molecule has 0 heterocycles. The Kier molecular flexibility index (Phi) is 8.82. The fourth-order valence-corrected chi connectivity index (χ4v) is 6.93. The smallest absolute Gasteiger partial charge is 1.00 e. The van der Waals surface area contributed by atoms with Gasteiger partial charge in [0.05, 0.1) is 0 Å². The third-order valence-electron chi connectivity index (χ3n) is 2.31. The summed E-state index contributed by atoms with van der Waals surface area (Å²) in [5, 5.41) is 0. The van der Waals surface area contributed by atoms with Gasteiger partial charge in [-0.3, -0.25) is 0 Å². The van der Waals surface area contributed by atoms with Crippen LogP contribution >= 0.6 is 0 Å². The summed E-state index contributed by atoms with van der Waals surface area (Å²) < 4.78 is 2.92. The van der Waals surface area contributed by atoms with Gasteiger partial charge in [-0.05, 0) is 0 Å². The van der Waals surface area contributed by atoms with Crippen molar-refractivity contribution in [2.24, 2.45) is 0 Å². The fourth-order valence-electron chi connectivity index (χ4n) is 2.31. The van der Waals surface area contributed by atoms with Gasteiger partial charge in [0.15, 0.2) is 0 Å². The Morgan fingerprint density at radius 3 is 0.909 bits per heavy atom. The van der Waals surface area contributed by atoms with Gasteiger partial charge in [0, 0.05) is 0 Å². The Balaban J connectivity index is -0.000000405. The second kappa shape index (κ2) is 6.62.